The minimum absolute atomic E-state index is 0.0229. The molecule has 0 aromatic heterocycles. The van der Waals surface area contributed by atoms with E-state index in [1.807, 2.05) is 16.8 Å². The highest BCUT2D eigenvalue weighted by Crippen LogP contribution is 2.33. The highest BCUT2D eigenvalue weighted by Gasteiger charge is 2.33. The Balaban J connectivity index is 1.49. The third-order valence-corrected chi connectivity index (χ3v) is 8.28. The van der Waals surface area contributed by atoms with E-state index in [-0.39, 0.29) is 22.6 Å². The molecule has 0 bridgehead atoms. The van der Waals surface area contributed by atoms with Crippen LogP contribution in [-0.4, -0.2) is 105 Å². The van der Waals surface area contributed by atoms with E-state index in [4.69, 9.17) is 4.74 Å². The van der Waals surface area contributed by atoms with E-state index >= 15 is 0 Å². The zero-order chi connectivity index (χ0) is 22.9. The Morgan fingerprint density at radius 2 is 1.78 bits per heavy atom. The number of nitro benzene ring substituents is 1. The van der Waals surface area contributed by atoms with Crippen LogP contribution in [-0.2, 0) is 19.6 Å². The second-order valence-electron chi connectivity index (χ2n) is 8.43. The summed E-state index contributed by atoms with van der Waals surface area (Å²) in [6.07, 6.45) is 1.23. The third-order valence-electron chi connectivity index (χ3n) is 6.38. The van der Waals surface area contributed by atoms with Crippen molar-refractivity contribution in [3.63, 3.8) is 0 Å². The van der Waals surface area contributed by atoms with Gasteiger partial charge in [-0.1, -0.05) is 0 Å². The molecule has 1 unspecified atom stereocenters. The second kappa shape index (κ2) is 9.30. The molecule has 1 aromatic carbocycles. The molecular formula is C20H29N5O6S. The van der Waals surface area contributed by atoms with Gasteiger partial charge in [0.05, 0.1) is 9.82 Å². The van der Waals surface area contributed by atoms with Crippen LogP contribution in [0.3, 0.4) is 0 Å². The summed E-state index contributed by atoms with van der Waals surface area (Å²) in [5.41, 5.74) is 0.135. The van der Waals surface area contributed by atoms with E-state index in [0.29, 0.717) is 64.7 Å². The molecule has 12 heteroatoms. The lowest BCUT2D eigenvalue weighted by molar-refractivity contribution is -0.384. The first kappa shape index (κ1) is 22.9. The summed E-state index contributed by atoms with van der Waals surface area (Å²) in [4.78, 5) is 29.4. The number of nitro groups is 1. The topological polar surface area (TPSA) is 117 Å². The number of hydrogen-bond donors (Lipinski definition) is 0. The molecule has 0 spiro atoms. The Kier molecular flexibility index (Phi) is 6.65. The van der Waals surface area contributed by atoms with Crippen molar-refractivity contribution in [1.29, 1.82) is 0 Å². The molecule has 11 nitrogen and oxygen atoms in total. The van der Waals surface area contributed by atoms with Gasteiger partial charge >= 0.3 is 0 Å². The molecule has 4 rings (SSSR count). The summed E-state index contributed by atoms with van der Waals surface area (Å²) < 4.78 is 32.9. The van der Waals surface area contributed by atoms with Gasteiger partial charge in [-0.3, -0.25) is 14.9 Å². The number of ether oxygens (including phenoxy) is 1. The summed E-state index contributed by atoms with van der Waals surface area (Å²) in [7, 11) is -1.87. The van der Waals surface area contributed by atoms with Crippen LogP contribution in [0.2, 0.25) is 0 Å². The first-order chi connectivity index (χ1) is 15.3. The molecule has 0 radical (unpaired) electrons. The molecule has 3 heterocycles. The van der Waals surface area contributed by atoms with Crippen molar-refractivity contribution in [3.05, 3.63) is 28.3 Å². The van der Waals surface area contributed by atoms with Crippen LogP contribution in [0.1, 0.15) is 12.8 Å². The van der Waals surface area contributed by atoms with E-state index in [1.165, 1.54) is 16.4 Å². The number of sulfonamides is 1. The Morgan fingerprint density at radius 3 is 2.38 bits per heavy atom. The zero-order valence-corrected chi connectivity index (χ0v) is 19.0. The van der Waals surface area contributed by atoms with Gasteiger partial charge in [-0.05, 0) is 32.0 Å². The third kappa shape index (κ3) is 4.58. The molecule has 3 fully saturated rings. The van der Waals surface area contributed by atoms with Crippen LogP contribution in [0.5, 0.6) is 0 Å². The number of likely N-dealkylation sites (N-methyl/N-ethyl adjacent to an activating group) is 1. The normalized spacial score (nSPS) is 23.5. The molecular weight excluding hydrogens is 438 g/mol. The summed E-state index contributed by atoms with van der Waals surface area (Å²) in [6.45, 7) is 4.31. The van der Waals surface area contributed by atoms with Gasteiger partial charge in [0.15, 0.2) is 0 Å². The van der Waals surface area contributed by atoms with E-state index in [9.17, 15) is 23.3 Å². The minimum Gasteiger partial charge on any atom is -0.368 e. The van der Waals surface area contributed by atoms with E-state index in [2.05, 4.69) is 0 Å². The first-order valence-electron chi connectivity index (χ1n) is 10.9. The van der Waals surface area contributed by atoms with Crippen molar-refractivity contribution in [3.8, 4) is 0 Å². The SMILES string of the molecule is CN1CCN(S(=O)(=O)c2ccc(N3CCN(C(=O)C4CCCO4)CC3)c([N+](=O)[O-])c2)CC1. The number of amides is 1. The summed E-state index contributed by atoms with van der Waals surface area (Å²) in [5, 5.41) is 11.8. The average Bonchev–Trinajstić information content (AvgIpc) is 3.33. The second-order valence-corrected chi connectivity index (χ2v) is 10.4. The van der Waals surface area contributed by atoms with Crippen LogP contribution in [0.25, 0.3) is 0 Å². The number of benzene rings is 1. The summed E-state index contributed by atoms with van der Waals surface area (Å²) >= 11 is 0. The fraction of sp³-hybridized carbons (Fsp3) is 0.650. The number of piperazine rings is 2. The van der Waals surface area contributed by atoms with Crippen molar-refractivity contribution in [1.82, 2.24) is 14.1 Å². The smallest absolute Gasteiger partial charge is 0.293 e. The molecule has 3 saturated heterocycles. The quantitative estimate of drug-likeness (QED) is 0.450. The van der Waals surface area contributed by atoms with Gasteiger partial charge in [0.1, 0.15) is 11.8 Å². The van der Waals surface area contributed by atoms with Crippen LogP contribution in [0, 0.1) is 10.1 Å². The summed E-state index contributed by atoms with van der Waals surface area (Å²) in [6, 6.07) is 4.12. The lowest BCUT2D eigenvalue weighted by atomic mass is 10.2. The largest absolute Gasteiger partial charge is 0.368 e. The highest BCUT2D eigenvalue weighted by atomic mass is 32.2. The molecule has 0 saturated carbocycles. The number of carbonyl (C=O) groups excluding carboxylic acids is 1. The molecule has 1 amide bonds. The molecule has 32 heavy (non-hydrogen) atoms. The maximum Gasteiger partial charge on any atom is 0.293 e. The number of carbonyl (C=O) groups is 1. The van der Waals surface area contributed by atoms with Crippen molar-refractivity contribution >= 4 is 27.3 Å². The van der Waals surface area contributed by atoms with Gasteiger partial charge in [0.25, 0.3) is 11.6 Å². The van der Waals surface area contributed by atoms with E-state index in [1.54, 1.807) is 4.90 Å². The van der Waals surface area contributed by atoms with Gasteiger partial charge in [-0.15, -0.1) is 0 Å². The van der Waals surface area contributed by atoms with Crippen molar-refractivity contribution in [2.24, 2.45) is 0 Å². The molecule has 3 aliphatic heterocycles. The fourth-order valence-corrected chi connectivity index (χ4v) is 5.84. The lowest BCUT2D eigenvalue weighted by Crippen LogP contribution is -2.51. The first-order valence-corrected chi connectivity index (χ1v) is 12.3. The highest BCUT2D eigenvalue weighted by molar-refractivity contribution is 7.89. The Hall–Kier alpha value is -2.28. The average molecular weight is 468 g/mol. The number of nitrogens with zero attached hydrogens (tertiary/aromatic N) is 5. The van der Waals surface area contributed by atoms with Crippen molar-refractivity contribution < 1.29 is 22.9 Å². The maximum atomic E-state index is 13.0. The number of rotatable bonds is 5. The van der Waals surface area contributed by atoms with Gasteiger partial charge < -0.3 is 19.4 Å². The van der Waals surface area contributed by atoms with Crippen LogP contribution < -0.4 is 4.90 Å². The molecule has 0 N–H and O–H groups in total. The monoisotopic (exact) mass is 467 g/mol. The Morgan fingerprint density at radius 1 is 1.09 bits per heavy atom. The van der Waals surface area contributed by atoms with Gasteiger partial charge in [-0.2, -0.15) is 4.31 Å². The maximum absolute atomic E-state index is 13.0. The summed E-state index contributed by atoms with van der Waals surface area (Å²) in [5.74, 6) is -0.0229. The Bertz CT molecular complexity index is 965. The van der Waals surface area contributed by atoms with Gasteiger partial charge in [0, 0.05) is 65.0 Å². The zero-order valence-electron chi connectivity index (χ0n) is 18.2. The van der Waals surface area contributed by atoms with Gasteiger partial charge in [-0.25, -0.2) is 8.42 Å². The van der Waals surface area contributed by atoms with Crippen molar-refractivity contribution in [2.45, 2.75) is 23.8 Å². The van der Waals surface area contributed by atoms with E-state index in [0.717, 1.165) is 18.9 Å². The van der Waals surface area contributed by atoms with Gasteiger partial charge in [0.2, 0.25) is 10.0 Å². The standard InChI is InChI=1S/C20H29N5O6S/c1-21-6-12-24(13-7-21)32(29,30)16-4-5-17(18(15-16)25(27)28)22-8-10-23(11-9-22)20(26)19-3-2-14-31-19/h4-5,15,19H,2-3,6-14H2,1H3. The van der Waals surface area contributed by atoms with Crippen LogP contribution >= 0.6 is 0 Å². The van der Waals surface area contributed by atoms with Crippen LogP contribution in [0.15, 0.2) is 23.1 Å². The van der Waals surface area contributed by atoms with Crippen LogP contribution in [0.4, 0.5) is 11.4 Å². The molecule has 3 aliphatic rings. The molecule has 1 aromatic rings. The predicted octanol–water partition coefficient (Wildman–Crippen LogP) is 0.359. The molecule has 176 valence electrons. The van der Waals surface area contributed by atoms with Crippen molar-refractivity contribution in [2.75, 3.05) is 70.9 Å². The van der Waals surface area contributed by atoms with E-state index < -0.39 is 14.9 Å². The molecule has 0 aliphatic carbocycles. The Labute approximate surface area is 187 Å². The number of hydrogen-bond acceptors (Lipinski definition) is 8. The number of anilines is 1. The lowest BCUT2D eigenvalue weighted by Gasteiger charge is -2.36. The molecule has 1 atom stereocenters. The predicted molar refractivity (Wildman–Crippen MR) is 117 cm³/mol. The fourth-order valence-electron chi connectivity index (χ4n) is 4.40. The minimum atomic E-state index is -3.80.